The molecule has 112 valence electrons. The van der Waals surface area contributed by atoms with E-state index in [2.05, 4.69) is 20.8 Å². The first-order valence-corrected chi connectivity index (χ1v) is 6.95. The summed E-state index contributed by atoms with van der Waals surface area (Å²) in [5, 5.41) is 13.5. The third-order valence-electron chi connectivity index (χ3n) is 2.77. The van der Waals surface area contributed by atoms with Gasteiger partial charge < -0.3 is 10.1 Å². The van der Waals surface area contributed by atoms with Crippen molar-refractivity contribution < 1.29 is 13.9 Å². The van der Waals surface area contributed by atoms with Crippen molar-refractivity contribution in [3.05, 3.63) is 35.6 Å². The Bertz CT molecular complexity index is 645. The number of nitrogens with one attached hydrogen (secondary N) is 2. The fourth-order valence-electron chi connectivity index (χ4n) is 1.70. The number of hydrogen-bond donors (Lipinski definition) is 2. The number of amides is 2. The van der Waals surface area contributed by atoms with Crippen LogP contribution >= 0.6 is 11.3 Å². The van der Waals surface area contributed by atoms with Crippen LogP contribution in [0.3, 0.4) is 0 Å². The van der Waals surface area contributed by atoms with Crippen LogP contribution in [-0.4, -0.2) is 23.3 Å². The largest absolute Gasteiger partial charge is 0.472 e. The summed E-state index contributed by atoms with van der Waals surface area (Å²) in [6.45, 7) is 3.56. The maximum Gasteiger partial charge on any atom is 0.321 e. The van der Waals surface area contributed by atoms with Crippen molar-refractivity contribution in [2.45, 2.75) is 19.4 Å². The molecule has 21 heavy (non-hydrogen) atoms. The lowest BCUT2D eigenvalue weighted by molar-refractivity contribution is 0.241. The first-order chi connectivity index (χ1) is 9.90. The maximum absolute atomic E-state index is 13.3. The Morgan fingerprint density at radius 2 is 2.14 bits per heavy atom. The van der Waals surface area contributed by atoms with E-state index >= 15 is 0 Å². The van der Waals surface area contributed by atoms with Crippen molar-refractivity contribution in [2.75, 3.05) is 12.4 Å². The lowest BCUT2D eigenvalue weighted by Gasteiger charge is -2.26. The van der Waals surface area contributed by atoms with Crippen molar-refractivity contribution in [1.29, 1.82) is 0 Å². The highest BCUT2D eigenvalue weighted by Crippen LogP contribution is 2.23. The zero-order valence-electron chi connectivity index (χ0n) is 11.8. The summed E-state index contributed by atoms with van der Waals surface area (Å²) in [7, 11) is 1.47. The molecule has 0 atom stereocenters. The molecule has 0 radical (unpaired) electrons. The molecule has 0 spiro atoms. The van der Waals surface area contributed by atoms with Gasteiger partial charge in [-0.15, -0.1) is 5.10 Å². The van der Waals surface area contributed by atoms with Crippen molar-refractivity contribution >= 4 is 22.5 Å². The Kier molecular flexibility index (Phi) is 4.37. The van der Waals surface area contributed by atoms with Gasteiger partial charge in [-0.3, -0.25) is 5.32 Å². The van der Waals surface area contributed by atoms with Gasteiger partial charge in [0, 0.05) is 0 Å². The molecule has 2 aromatic rings. The number of methoxy groups -OCH3 is 1. The standard InChI is InChI=1S/C13H15FN4O2S/c1-13(2,8-5-4-6-9(14)7-8)16-10(19)15-11-17-18-12(20-3)21-11/h4-7H,1-3H3,(H2,15,16,17,19). The Balaban J connectivity index is 2.04. The van der Waals surface area contributed by atoms with Crippen molar-refractivity contribution in [2.24, 2.45) is 0 Å². The summed E-state index contributed by atoms with van der Waals surface area (Å²) >= 11 is 1.11. The van der Waals surface area contributed by atoms with Crippen molar-refractivity contribution in [3.63, 3.8) is 0 Å². The molecule has 0 aliphatic heterocycles. The monoisotopic (exact) mass is 310 g/mol. The number of aromatic nitrogens is 2. The van der Waals surface area contributed by atoms with Gasteiger partial charge >= 0.3 is 6.03 Å². The molecule has 0 unspecified atom stereocenters. The normalized spacial score (nSPS) is 11.0. The maximum atomic E-state index is 13.3. The van der Waals surface area contributed by atoms with Crippen LogP contribution < -0.4 is 15.4 Å². The van der Waals surface area contributed by atoms with Crippen LogP contribution in [0.4, 0.5) is 14.3 Å². The van der Waals surface area contributed by atoms with Gasteiger partial charge in [0.05, 0.1) is 12.6 Å². The zero-order chi connectivity index (χ0) is 15.5. The van der Waals surface area contributed by atoms with Crippen LogP contribution in [0.25, 0.3) is 0 Å². The van der Waals surface area contributed by atoms with Crippen LogP contribution in [0.5, 0.6) is 5.19 Å². The van der Waals surface area contributed by atoms with Crippen LogP contribution in [0, 0.1) is 5.82 Å². The number of benzene rings is 1. The predicted octanol–water partition coefficient (Wildman–Crippen LogP) is 2.74. The highest BCUT2D eigenvalue weighted by molar-refractivity contribution is 7.17. The molecule has 0 saturated carbocycles. The number of anilines is 1. The first kappa shape index (κ1) is 15.2. The van der Waals surface area contributed by atoms with Crippen LogP contribution in [0.2, 0.25) is 0 Å². The molecule has 1 heterocycles. The molecule has 0 aliphatic rings. The second-order valence-corrected chi connectivity index (χ2v) is 5.73. The lowest BCUT2D eigenvalue weighted by Crippen LogP contribution is -2.43. The molecule has 0 bridgehead atoms. The third-order valence-corrected chi connectivity index (χ3v) is 3.57. The summed E-state index contributed by atoms with van der Waals surface area (Å²) in [6, 6.07) is 5.63. The van der Waals surface area contributed by atoms with Gasteiger partial charge in [0.15, 0.2) is 0 Å². The van der Waals surface area contributed by atoms with Gasteiger partial charge in [-0.2, -0.15) is 0 Å². The molecule has 1 aromatic carbocycles. The van der Waals surface area contributed by atoms with Gasteiger partial charge in [-0.25, -0.2) is 9.18 Å². The number of ether oxygens (including phenoxy) is 1. The molecule has 1 aromatic heterocycles. The number of carbonyl (C=O) groups is 1. The molecule has 6 nitrogen and oxygen atoms in total. The molecule has 8 heteroatoms. The summed E-state index contributed by atoms with van der Waals surface area (Å²) in [5.74, 6) is -0.350. The van der Waals surface area contributed by atoms with E-state index in [0.29, 0.717) is 15.9 Å². The Morgan fingerprint density at radius 1 is 1.38 bits per heavy atom. The molecule has 0 aliphatic carbocycles. The summed E-state index contributed by atoms with van der Waals surface area (Å²) in [6.07, 6.45) is 0. The smallest absolute Gasteiger partial charge is 0.321 e. The number of nitrogens with zero attached hydrogens (tertiary/aromatic N) is 2. The first-order valence-electron chi connectivity index (χ1n) is 6.13. The molecule has 2 rings (SSSR count). The van der Waals surface area contributed by atoms with Crippen molar-refractivity contribution in [1.82, 2.24) is 15.5 Å². The van der Waals surface area contributed by atoms with E-state index in [1.165, 1.54) is 19.2 Å². The zero-order valence-corrected chi connectivity index (χ0v) is 12.6. The van der Waals surface area contributed by atoms with Crippen LogP contribution in [0.15, 0.2) is 24.3 Å². The molecule has 2 N–H and O–H groups in total. The van der Waals surface area contributed by atoms with Crippen LogP contribution in [-0.2, 0) is 5.54 Å². The minimum absolute atomic E-state index is 0.319. The lowest BCUT2D eigenvalue weighted by atomic mass is 9.94. The third kappa shape index (κ3) is 3.88. The van der Waals surface area contributed by atoms with E-state index in [9.17, 15) is 9.18 Å². The van der Waals surface area contributed by atoms with E-state index < -0.39 is 11.6 Å². The minimum atomic E-state index is -0.735. The fraction of sp³-hybridized carbons (Fsp3) is 0.308. The van der Waals surface area contributed by atoms with Crippen LogP contribution in [0.1, 0.15) is 19.4 Å². The predicted molar refractivity (Wildman–Crippen MR) is 78.0 cm³/mol. The topological polar surface area (TPSA) is 76.1 Å². The van der Waals surface area contributed by atoms with Gasteiger partial charge in [0.25, 0.3) is 5.19 Å². The molecule has 0 fully saturated rings. The van der Waals surface area contributed by atoms with E-state index in [1.807, 2.05) is 0 Å². The van der Waals surface area contributed by atoms with Gasteiger partial charge in [0.1, 0.15) is 5.82 Å². The fourth-order valence-corrected chi connectivity index (χ4v) is 2.26. The number of carbonyl (C=O) groups excluding carboxylic acids is 1. The SMILES string of the molecule is COc1nnc(NC(=O)NC(C)(C)c2cccc(F)c2)s1. The van der Waals surface area contributed by atoms with Gasteiger partial charge in [-0.1, -0.05) is 17.2 Å². The number of urea groups is 1. The number of halogens is 1. The van der Waals surface area contributed by atoms with Gasteiger partial charge in [-0.05, 0) is 42.9 Å². The number of hydrogen-bond acceptors (Lipinski definition) is 5. The second-order valence-electron chi connectivity index (χ2n) is 4.79. The average Bonchev–Trinajstić information content (AvgIpc) is 2.85. The van der Waals surface area contributed by atoms with E-state index in [1.54, 1.807) is 26.0 Å². The minimum Gasteiger partial charge on any atom is -0.472 e. The highest BCUT2D eigenvalue weighted by Gasteiger charge is 2.23. The average molecular weight is 310 g/mol. The van der Waals surface area contributed by atoms with E-state index in [4.69, 9.17) is 4.74 Å². The van der Waals surface area contributed by atoms with Gasteiger partial charge in [0.2, 0.25) is 5.13 Å². The summed E-state index contributed by atoms with van der Waals surface area (Å²) in [4.78, 5) is 12.0. The molecular weight excluding hydrogens is 295 g/mol. The van der Waals surface area contributed by atoms with Crippen molar-refractivity contribution in [3.8, 4) is 5.19 Å². The molecule has 2 amide bonds. The quantitative estimate of drug-likeness (QED) is 0.910. The summed E-state index contributed by atoms with van der Waals surface area (Å²) in [5.41, 5.74) is -0.0754. The Labute approximate surface area is 125 Å². The Hall–Kier alpha value is -2.22. The molecule has 0 saturated heterocycles. The highest BCUT2D eigenvalue weighted by atomic mass is 32.1. The Morgan fingerprint density at radius 3 is 2.76 bits per heavy atom. The molecular formula is C13H15FN4O2S. The van der Waals surface area contributed by atoms with E-state index in [-0.39, 0.29) is 5.82 Å². The second kappa shape index (κ2) is 6.04. The number of rotatable bonds is 4. The summed E-state index contributed by atoms with van der Waals surface area (Å²) < 4.78 is 18.2. The van der Waals surface area contributed by atoms with E-state index in [0.717, 1.165) is 11.3 Å².